The minimum Gasteiger partial charge on any atom is -0.377 e. The summed E-state index contributed by atoms with van der Waals surface area (Å²) in [4.78, 5) is 15.6. The third-order valence-electron chi connectivity index (χ3n) is 4.58. The van der Waals surface area contributed by atoms with Gasteiger partial charge in [-0.3, -0.25) is 14.5 Å². The molecule has 1 saturated heterocycles. The van der Waals surface area contributed by atoms with Crippen molar-refractivity contribution in [3.05, 3.63) is 72.6 Å². The number of aromatic nitrogens is 4. The van der Waals surface area contributed by atoms with E-state index >= 15 is 0 Å². The van der Waals surface area contributed by atoms with E-state index in [0.29, 0.717) is 12.1 Å². The number of hydrogen-bond donors (Lipinski definition) is 0. The summed E-state index contributed by atoms with van der Waals surface area (Å²) in [6.07, 6.45) is 9.97. The Kier molecular flexibility index (Phi) is 5.33. The van der Waals surface area contributed by atoms with E-state index in [2.05, 4.69) is 32.0 Å². The highest BCUT2D eigenvalue weighted by atomic mass is 16.5. The van der Waals surface area contributed by atoms with E-state index < -0.39 is 0 Å². The zero-order valence-corrected chi connectivity index (χ0v) is 14.7. The molecule has 26 heavy (non-hydrogen) atoms. The predicted octanol–water partition coefficient (Wildman–Crippen LogP) is 2.84. The van der Waals surface area contributed by atoms with Crippen molar-refractivity contribution < 1.29 is 4.74 Å². The van der Waals surface area contributed by atoms with E-state index in [-0.39, 0.29) is 0 Å². The van der Waals surface area contributed by atoms with Gasteiger partial charge in [-0.1, -0.05) is 6.07 Å². The molecule has 134 valence electrons. The number of pyridine rings is 1. The van der Waals surface area contributed by atoms with Gasteiger partial charge in [-0.2, -0.15) is 0 Å². The van der Waals surface area contributed by atoms with Gasteiger partial charge in [0.05, 0.1) is 11.8 Å². The van der Waals surface area contributed by atoms with Gasteiger partial charge in [0, 0.05) is 56.7 Å². The topological polar surface area (TPSA) is 56.1 Å². The van der Waals surface area contributed by atoms with Crippen molar-refractivity contribution in [3.63, 3.8) is 0 Å². The van der Waals surface area contributed by atoms with Crippen molar-refractivity contribution in [2.45, 2.75) is 32.0 Å². The molecule has 1 atom stereocenters. The SMILES string of the molecule is c1ccc(CN(Cc2cccn2-c2ncccn2)C[C@H]2CCCO2)nc1. The van der Waals surface area contributed by atoms with E-state index in [9.17, 15) is 0 Å². The number of hydrogen-bond acceptors (Lipinski definition) is 5. The first-order valence-electron chi connectivity index (χ1n) is 9.06. The Morgan fingerprint density at radius 1 is 1.00 bits per heavy atom. The largest absolute Gasteiger partial charge is 0.377 e. The van der Waals surface area contributed by atoms with Crippen LogP contribution in [0, 0.1) is 0 Å². The fourth-order valence-corrected chi connectivity index (χ4v) is 3.37. The molecule has 0 aliphatic carbocycles. The summed E-state index contributed by atoms with van der Waals surface area (Å²) in [5, 5.41) is 0. The molecule has 4 rings (SSSR count). The normalized spacial score (nSPS) is 17.0. The lowest BCUT2D eigenvalue weighted by molar-refractivity contribution is 0.0668. The summed E-state index contributed by atoms with van der Waals surface area (Å²) >= 11 is 0. The van der Waals surface area contributed by atoms with Crippen LogP contribution in [-0.4, -0.2) is 43.7 Å². The third kappa shape index (κ3) is 4.15. The van der Waals surface area contributed by atoms with Crippen LogP contribution in [0.15, 0.2) is 61.2 Å². The van der Waals surface area contributed by atoms with Gasteiger partial charge in [0.25, 0.3) is 0 Å². The van der Waals surface area contributed by atoms with Crippen LogP contribution in [0.2, 0.25) is 0 Å². The van der Waals surface area contributed by atoms with Crippen molar-refractivity contribution in [1.82, 2.24) is 24.4 Å². The van der Waals surface area contributed by atoms with E-state index in [1.807, 2.05) is 41.2 Å². The Hall–Kier alpha value is -2.57. The van der Waals surface area contributed by atoms with Gasteiger partial charge in [-0.15, -0.1) is 0 Å². The highest BCUT2D eigenvalue weighted by molar-refractivity contribution is 5.20. The van der Waals surface area contributed by atoms with Crippen LogP contribution in [0.25, 0.3) is 5.95 Å². The first-order chi connectivity index (χ1) is 12.9. The Labute approximate surface area is 153 Å². The molecule has 0 spiro atoms. The Morgan fingerprint density at radius 2 is 1.88 bits per heavy atom. The molecule has 1 fully saturated rings. The van der Waals surface area contributed by atoms with Gasteiger partial charge in [-0.05, 0) is 43.2 Å². The van der Waals surface area contributed by atoms with Crippen molar-refractivity contribution in [2.24, 2.45) is 0 Å². The average Bonchev–Trinajstić information content (AvgIpc) is 3.35. The van der Waals surface area contributed by atoms with E-state index in [0.717, 1.165) is 50.5 Å². The first-order valence-corrected chi connectivity index (χ1v) is 9.06. The average molecular weight is 349 g/mol. The number of rotatable bonds is 7. The summed E-state index contributed by atoms with van der Waals surface area (Å²) in [5.41, 5.74) is 2.23. The Bertz CT molecular complexity index is 799. The van der Waals surface area contributed by atoms with Crippen LogP contribution < -0.4 is 0 Å². The minimum atomic E-state index is 0.301. The molecule has 3 aromatic heterocycles. The second kappa shape index (κ2) is 8.21. The van der Waals surface area contributed by atoms with E-state index in [1.165, 1.54) is 0 Å². The molecule has 1 aliphatic heterocycles. The molecule has 3 aromatic rings. The highest BCUT2D eigenvalue weighted by Gasteiger charge is 2.21. The number of nitrogens with zero attached hydrogens (tertiary/aromatic N) is 5. The molecule has 0 amide bonds. The zero-order valence-electron chi connectivity index (χ0n) is 14.7. The van der Waals surface area contributed by atoms with Crippen LogP contribution in [0.4, 0.5) is 0 Å². The van der Waals surface area contributed by atoms with Crippen molar-refractivity contribution in [2.75, 3.05) is 13.2 Å². The van der Waals surface area contributed by atoms with Crippen LogP contribution in [-0.2, 0) is 17.8 Å². The van der Waals surface area contributed by atoms with Gasteiger partial charge in [0.1, 0.15) is 0 Å². The lowest BCUT2D eigenvalue weighted by Crippen LogP contribution is -2.32. The summed E-state index contributed by atoms with van der Waals surface area (Å²) < 4.78 is 7.90. The molecule has 0 bridgehead atoms. The highest BCUT2D eigenvalue weighted by Crippen LogP contribution is 2.18. The monoisotopic (exact) mass is 349 g/mol. The molecule has 1 aliphatic rings. The molecular weight excluding hydrogens is 326 g/mol. The minimum absolute atomic E-state index is 0.301. The molecule has 6 heteroatoms. The van der Waals surface area contributed by atoms with Crippen molar-refractivity contribution in [1.29, 1.82) is 0 Å². The maximum atomic E-state index is 5.86. The molecule has 0 N–H and O–H groups in total. The lowest BCUT2D eigenvalue weighted by atomic mass is 10.2. The molecule has 0 aromatic carbocycles. The van der Waals surface area contributed by atoms with Crippen molar-refractivity contribution in [3.8, 4) is 5.95 Å². The summed E-state index contributed by atoms with van der Waals surface area (Å²) in [6.45, 7) is 3.36. The van der Waals surface area contributed by atoms with Crippen LogP contribution in [0.3, 0.4) is 0 Å². The summed E-state index contributed by atoms with van der Waals surface area (Å²) in [6, 6.07) is 12.0. The van der Waals surface area contributed by atoms with Crippen LogP contribution in [0.5, 0.6) is 0 Å². The standard InChI is InChI=1S/C20H23N5O/c1-2-9-21-17(6-1)14-24(16-19-8-4-13-26-19)15-18-7-3-12-25(18)20-22-10-5-11-23-20/h1-3,5-7,9-12,19H,4,8,13-16H2/t19-/m1/s1. The maximum absolute atomic E-state index is 5.86. The fraction of sp³-hybridized carbons (Fsp3) is 0.350. The second-order valence-corrected chi connectivity index (χ2v) is 6.54. The van der Waals surface area contributed by atoms with Gasteiger partial charge < -0.3 is 4.74 Å². The van der Waals surface area contributed by atoms with Crippen LogP contribution in [0.1, 0.15) is 24.2 Å². The van der Waals surface area contributed by atoms with Crippen molar-refractivity contribution >= 4 is 0 Å². The second-order valence-electron chi connectivity index (χ2n) is 6.54. The van der Waals surface area contributed by atoms with Gasteiger partial charge >= 0.3 is 0 Å². The third-order valence-corrected chi connectivity index (χ3v) is 4.58. The zero-order chi connectivity index (χ0) is 17.6. The van der Waals surface area contributed by atoms with Gasteiger partial charge in [-0.25, -0.2) is 9.97 Å². The first kappa shape index (κ1) is 16.9. The maximum Gasteiger partial charge on any atom is 0.233 e. The van der Waals surface area contributed by atoms with E-state index in [1.54, 1.807) is 12.4 Å². The van der Waals surface area contributed by atoms with Gasteiger partial charge in [0.15, 0.2) is 0 Å². The quantitative estimate of drug-likeness (QED) is 0.656. The molecule has 0 unspecified atom stereocenters. The summed E-state index contributed by atoms with van der Waals surface area (Å²) in [5.74, 6) is 0.697. The molecule has 6 nitrogen and oxygen atoms in total. The van der Waals surface area contributed by atoms with E-state index in [4.69, 9.17) is 4.74 Å². The van der Waals surface area contributed by atoms with Gasteiger partial charge in [0.2, 0.25) is 5.95 Å². The molecule has 4 heterocycles. The summed E-state index contributed by atoms with van der Waals surface area (Å²) in [7, 11) is 0. The Balaban J connectivity index is 1.53. The lowest BCUT2D eigenvalue weighted by Gasteiger charge is -2.25. The molecule has 0 radical (unpaired) electrons. The Morgan fingerprint density at radius 3 is 2.65 bits per heavy atom. The molecular formula is C20H23N5O. The smallest absolute Gasteiger partial charge is 0.233 e. The number of ether oxygens (including phenoxy) is 1. The van der Waals surface area contributed by atoms with Crippen LogP contribution >= 0.6 is 0 Å². The predicted molar refractivity (Wildman–Crippen MR) is 98.7 cm³/mol. The molecule has 0 saturated carbocycles. The fourth-order valence-electron chi connectivity index (χ4n) is 3.37.